The second kappa shape index (κ2) is 7.74. The molecule has 106 valence electrons. The molecule has 1 aliphatic rings. The highest BCUT2D eigenvalue weighted by atomic mass is 16.5. The Morgan fingerprint density at radius 2 is 2.11 bits per heavy atom. The third kappa shape index (κ3) is 4.94. The quantitative estimate of drug-likeness (QED) is 0.586. The van der Waals surface area contributed by atoms with Gasteiger partial charge in [0.05, 0.1) is 5.54 Å². The maximum Gasteiger partial charge on any atom is 0.237 e. The fourth-order valence-electron chi connectivity index (χ4n) is 2.19. The average Bonchev–Trinajstić information content (AvgIpc) is 2.29. The van der Waals surface area contributed by atoms with E-state index in [-0.39, 0.29) is 5.91 Å². The van der Waals surface area contributed by atoms with Gasteiger partial charge < -0.3 is 15.8 Å². The van der Waals surface area contributed by atoms with Crippen LogP contribution in [0.5, 0.6) is 0 Å². The number of carbonyl (C=O) groups is 1. The number of hydrogen-bond acceptors (Lipinski definition) is 3. The monoisotopic (exact) mass is 256 g/mol. The van der Waals surface area contributed by atoms with Crippen LogP contribution in [0.2, 0.25) is 0 Å². The van der Waals surface area contributed by atoms with Gasteiger partial charge in [-0.1, -0.05) is 19.3 Å². The standard InChI is InChI=1S/C14H28N2O2/c1-14(16-2,13(15)17)9-3-4-10-18-11-8-12-6-5-7-12/h12,16H,3-11H2,1-2H3,(H2,15,17). The van der Waals surface area contributed by atoms with Crippen LogP contribution >= 0.6 is 0 Å². The summed E-state index contributed by atoms with van der Waals surface area (Å²) in [5.74, 6) is 0.642. The molecule has 1 aliphatic carbocycles. The van der Waals surface area contributed by atoms with Crippen LogP contribution in [0.1, 0.15) is 51.9 Å². The maximum atomic E-state index is 11.3. The molecule has 0 saturated heterocycles. The number of nitrogens with two attached hydrogens (primary N) is 1. The van der Waals surface area contributed by atoms with E-state index < -0.39 is 5.54 Å². The number of amides is 1. The van der Waals surface area contributed by atoms with E-state index >= 15 is 0 Å². The molecule has 0 aromatic heterocycles. The van der Waals surface area contributed by atoms with E-state index in [1.807, 2.05) is 6.92 Å². The van der Waals surface area contributed by atoms with Gasteiger partial charge in [-0.05, 0) is 45.6 Å². The molecule has 0 aliphatic heterocycles. The SMILES string of the molecule is CNC(C)(CCCCOCCC1CCC1)C(N)=O. The number of ether oxygens (including phenoxy) is 1. The summed E-state index contributed by atoms with van der Waals surface area (Å²) < 4.78 is 5.61. The number of carbonyl (C=O) groups excluding carboxylic acids is 1. The lowest BCUT2D eigenvalue weighted by atomic mass is 9.83. The summed E-state index contributed by atoms with van der Waals surface area (Å²) in [6.07, 6.45) is 8.13. The number of unbranched alkanes of at least 4 members (excludes halogenated alkanes) is 1. The summed E-state index contributed by atoms with van der Waals surface area (Å²) in [5, 5.41) is 2.99. The Kier molecular flexibility index (Phi) is 6.65. The van der Waals surface area contributed by atoms with Gasteiger partial charge in [0.2, 0.25) is 5.91 Å². The van der Waals surface area contributed by atoms with Gasteiger partial charge in [-0.25, -0.2) is 0 Å². The summed E-state index contributed by atoms with van der Waals surface area (Å²) in [4.78, 5) is 11.3. The van der Waals surface area contributed by atoms with Gasteiger partial charge in [-0.2, -0.15) is 0 Å². The lowest BCUT2D eigenvalue weighted by Crippen LogP contribution is -2.51. The summed E-state index contributed by atoms with van der Waals surface area (Å²) in [7, 11) is 1.78. The minimum atomic E-state index is -0.577. The number of hydrogen-bond donors (Lipinski definition) is 2. The van der Waals surface area contributed by atoms with Gasteiger partial charge in [0.25, 0.3) is 0 Å². The highest BCUT2D eigenvalue weighted by Crippen LogP contribution is 2.29. The van der Waals surface area contributed by atoms with Crippen LogP contribution in [-0.4, -0.2) is 31.7 Å². The van der Waals surface area contributed by atoms with Crippen molar-refractivity contribution in [2.24, 2.45) is 11.7 Å². The first-order chi connectivity index (χ1) is 8.58. The molecule has 0 heterocycles. The molecular weight excluding hydrogens is 228 g/mol. The van der Waals surface area contributed by atoms with Gasteiger partial charge in [0.1, 0.15) is 0 Å². The lowest BCUT2D eigenvalue weighted by Gasteiger charge is -2.25. The first-order valence-electron chi connectivity index (χ1n) is 7.15. The summed E-state index contributed by atoms with van der Waals surface area (Å²) in [6, 6.07) is 0. The van der Waals surface area contributed by atoms with Crippen LogP contribution in [0.25, 0.3) is 0 Å². The molecule has 1 atom stereocenters. The topological polar surface area (TPSA) is 64.3 Å². The highest BCUT2D eigenvalue weighted by molar-refractivity contribution is 5.84. The summed E-state index contributed by atoms with van der Waals surface area (Å²) >= 11 is 0. The van der Waals surface area contributed by atoms with Crippen molar-refractivity contribution in [2.75, 3.05) is 20.3 Å². The third-order valence-electron chi connectivity index (χ3n) is 4.21. The van der Waals surface area contributed by atoms with Crippen molar-refractivity contribution in [1.82, 2.24) is 5.32 Å². The van der Waals surface area contributed by atoms with Crippen molar-refractivity contribution in [3.8, 4) is 0 Å². The largest absolute Gasteiger partial charge is 0.381 e. The van der Waals surface area contributed by atoms with E-state index in [1.54, 1.807) is 7.05 Å². The van der Waals surface area contributed by atoms with Gasteiger partial charge in [-0.15, -0.1) is 0 Å². The number of rotatable bonds is 10. The Bertz CT molecular complexity index is 254. The molecular formula is C14H28N2O2. The molecule has 0 aromatic rings. The van der Waals surface area contributed by atoms with Crippen molar-refractivity contribution in [2.45, 2.75) is 57.4 Å². The molecule has 4 heteroatoms. The predicted octanol–water partition coefficient (Wildman–Crippen LogP) is 1.83. The van der Waals surface area contributed by atoms with Gasteiger partial charge in [0.15, 0.2) is 0 Å². The molecule has 0 aromatic carbocycles. The van der Waals surface area contributed by atoms with Crippen LogP contribution in [0, 0.1) is 5.92 Å². The van der Waals surface area contributed by atoms with Crippen molar-refractivity contribution < 1.29 is 9.53 Å². The number of primary amides is 1. The second-order valence-electron chi connectivity index (χ2n) is 5.60. The van der Waals surface area contributed by atoms with E-state index in [0.29, 0.717) is 0 Å². The van der Waals surface area contributed by atoms with E-state index in [9.17, 15) is 4.79 Å². The van der Waals surface area contributed by atoms with Crippen LogP contribution < -0.4 is 11.1 Å². The van der Waals surface area contributed by atoms with Gasteiger partial charge in [-0.3, -0.25) is 4.79 Å². The second-order valence-corrected chi connectivity index (χ2v) is 5.60. The van der Waals surface area contributed by atoms with Crippen molar-refractivity contribution in [1.29, 1.82) is 0 Å². The molecule has 1 saturated carbocycles. The minimum Gasteiger partial charge on any atom is -0.381 e. The fraction of sp³-hybridized carbons (Fsp3) is 0.929. The zero-order chi connectivity index (χ0) is 13.4. The van der Waals surface area contributed by atoms with Crippen LogP contribution in [0.3, 0.4) is 0 Å². The van der Waals surface area contributed by atoms with Crippen LogP contribution in [0.4, 0.5) is 0 Å². The number of likely N-dealkylation sites (N-methyl/N-ethyl adjacent to an activating group) is 1. The van der Waals surface area contributed by atoms with Crippen molar-refractivity contribution in [3.05, 3.63) is 0 Å². The highest BCUT2D eigenvalue weighted by Gasteiger charge is 2.27. The fourth-order valence-corrected chi connectivity index (χ4v) is 2.19. The Morgan fingerprint density at radius 1 is 1.39 bits per heavy atom. The smallest absolute Gasteiger partial charge is 0.237 e. The average molecular weight is 256 g/mol. The van der Waals surface area contributed by atoms with Crippen molar-refractivity contribution >= 4 is 5.91 Å². The molecule has 0 radical (unpaired) electrons. The predicted molar refractivity (Wildman–Crippen MR) is 73.3 cm³/mol. The molecule has 3 N–H and O–H groups in total. The lowest BCUT2D eigenvalue weighted by molar-refractivity contribution is -0.123. The first kappa shape index (κ1) is 15.4. The molecule has 1 fully saturated rings. The zero-order valence-corrected chi connectivity index (χ0v) is 11.8. The van der Waals surface area contributed by atoms with Gasteiger partial charge >= 0.3 is 0 Å². The Hall–Kier alpha value is -0.610. The van der Waals surface area contributed by atoms with Gasteiger partial charge in [0, 0.05) is 13.2 Å². The Balaban J connectivity index is 1.95. The normalized spacial score (nSPS) is 19.2. The molecule has 0 spiro atoms. The Morgan fingerprint density at radius 3 is 2.61 bits per heavy atom. The maximum absolute atomic E-state index is 11.3. The first-order valence-corrected chi connectivity index (χ1v) is 7.15. The van der Waals surface area contributed by atoms with Crippen LogP contribution in [-0.2, 0) is 9.53 Å². The third-order valence-corrected chi connectivity index (χ3v) is 4.21. The van der Waals surface area contributed by atoms with E-state index in [4.69, 9.17) is 10.5 Å². The minimum absolute atomic E-state index is 0.282. The van der Waals surface area contributed by atoms with E-state index in [0.717, 1.165) is 38.4 Å². The summed E-state index contributed by atoms with van der Waals surface area (Å²) in [6.45, 7) is 3.54. The summed E-state index contributed by atoms with van der Waals surface area (Å²) in [5.41, 5.74) is 4.79. The molecule has 18 heavy (non-hydrogen) atoms. The molecule has 4 nitrogen and oxygen atoms in total. The molecule has 1 amide bonds. The molecule has 1 rings (SSSR count). The van der Waals surface area contributed by atoms with E-state index in [1.165, 1.54) is 25.7 Å². The Labute approximate surface area is 111 Å². The van der Waals surface area contributed by atoms with E-state index in [2.05, 4.69) is 5.32 Å². The molecule has 1 unspecified atom stereocenters. The zero-order valence-electron chi connectivity index (χ0n) is 11.8. The van der Waals surface area contributed by atoms with Crippen LogP contribution in [0.15, 0.2) is 0 Å². The number of nitrogens with one attached hydrogen (secondary N) is 1. The van der Waals surface area contributed by atoms with Crippen molar-refractivity contribution in [3.63, 3.8) is 0 Å². The molecule has 0 bridgehead atoms.